The van der Waals surface area contributed by atoms with Gasteiger partial charge in [0.2, 0.25) is 0 Å². The molecule has 0 aromatic carbocycles. The molecule has 0 unspecified atom stereocenters. The first-order valence-electron chi connectivity index (χ1n) is 4.30. The third-order valence-electron chi connectivity index (χ3n) is 2.03. The Hall–Kier alpha value is -1.75. The second-order valence-corrected chi connectivity index (χ2v) is 3.03. The molecule has 8 heteroatoms. The van der Waals surface area contributed by atoms with Gasteiger partial charge >= 0.3 is 6.18 Å². The van der Waals surface area contributed by atoms with Gasteiger partial charge in [-0.25, -0.2) is 8.78 Å². The zero-order valence-corrected chi connectivity index (χ0v) is 8.22. The number of rotatable bonds is 2. The molecule has 17 heavy (non-hydrogen) atoms. The van der Waals surface area contributed by atoms with Gasteiger partial charge in [-0.3, -0.25) is 4.98 Å². The lowest BCUT2D eigenvalue weighted by Crippen LogP contribution is -2.18. The van der Waals surface area contributed by atoms with Gasteiger partial charge < -0.3 is 5.73 Å². The molecule has 2 N–H and O–H groups in total. The van der Waals surface area contributed by atoms with Crippen molar-refractivity contribution in [3.05, 3.63) is 28.6 Å². The van der Waals surface area contributed by atoms with Gasteiger partial charge in [-0.05, 0) is 5.56 Å². The molecule has 3 nitrogen and oxygen atoms in total. The molecule has 0 aliphatic heterocycles. The van der Waals surface area contributed by atoms with Crippen LogP contribution in [-0.4, -0.2) is 4.98 Å². The molecule has 0 bridgehead atoms. The summed E-state index contributed by atoms with van der Waals surface area (Å²) in [5.41, 5.74) is 0.931. The molecule has 1 aromatic rings. The van der Waals surface area contributed by atoms with E-state index in [0.29, 0.717) is 6.20 Å². The predicted molar refractivity (Wildman–Crippen MR) is 46.8 cm³/mol. The van der Waals surface area contributed by atoms with Crippen LogP contribution in [0.1, 0.15) is 28.8 Å². The van der Waals surface area contributed by atoms with Crippen LogP contribution < -0.4 is 5.73 Å². The van der Waals surface area contributed by atoms with E-state index < -0.39 is 41.5 Å². The number of alkyl halides is 5. The smallest absolute Gasteiger partial charge is 0.326 e. The average molecular weight is 251 g/mol. The van der Waals surface area contributed by atoms with Crippen LogP contribution in [0, 0.1) is 11.3 Å². The molecule has 0 saturated carbocycles. The van der Waals surface area contributed by atoms with Crippen molar-refractivity contribution in [2.24, 2.45) is 5.73 Å². The molecule has 0 saturated heterocycles. The molecule has 1 rings (SSSR count). The fraction of sp³-hybridized carbons (Fsp3) is 0.333. The monoisotopic (exact) mass is 251 g/mol. The van der Waals surface area contributed by atoms with Crippen molar-refractivity contribution < 1.29 is 22.0 Å². The lowest BCUT2D eigenvalue weighted by molar-refractivity contribution is -0.140. The summed E-state index contributed by atoms with van der Waals surface area (Å²) in [7, 11) is 0. The van der Waals surface area contributed by atoms with E-state index in [1.807, 2.05) is 0 Å². The van der Waals surface area contributed by atoms with E-state index in [2.05, 4.69) is 4.98 Å². The van der Waals surface area contributed by atoms with E-state index in [1.165, 1.54) is 6.07 Å². The molecule has 0 spiro atoms. The quantitative estimate of drug-likeness (QED) is 0.820. The molecule has 1 heterocycles. The van der Waals surface area contributed by atoms with Crippen molar-refractivity contribution in [1.82, 2.24) is 4.98 Å². The zero-order valence-electron chi connectivity index (χ0n) is 8.22. The first-order valence-corrected chi connectivity index (χ1v) is 4.30. The Labute approximate surface area is 92.7 Å². The summed E-state index contributed by atoms with van der Waals surface area (Å²) in [6.07, 6.45) is -7.75. The van der Waals surface area contributed by atoms with Crippen molar-refractivity contribution in [2.75, 3.05) is 0 Å². The first-order chi connectivity index (χ1) is 7.82. The van der Waals surface area contributed by atoms with E-state index >= 15 is 0 Å². The van der Waals surface area contributed by atoms with E-state index in [-0.39, 0.29) is 0 Å². The number of halogens is 5. The van der Waals surface area contributed by atoms with Crippen LogP contribution in [0.25, 0.3) is 0 Å². The molecular formula is C9H6F5N3. The molecular weight excluding hydrogens is 245 g/mol. The summed E-state index contributed by atoms with van der Waals surface area (Å²) < 4.78 is 62.8. The summed E-state index contributed by atoms with van der Waals surface area (Å²) >= 11 is 0. The van der Waals surface area contributed by atoms with Gasteiger partial charge in [-0.1, -0.05) is 0 Å². The van der Waals surface area contributed by atoms with Crippen molar-refractivity contribution in [2.45, 2.75) is 19.1 Å². The van der Waals surface area contributed by atoms with E-state index in [0.717, 1.165) is 0 Å². The lowest BCUT2D eigenvalue weighted by Gasteiger charge is -2.16. The molecule has 0 amide bonds. The predicted octanol–water partition coefficient (Wildman–Crippen LogP) is 2.37. The Morgan fingerprint density at radius 1 is 1.41 bits per heavy atom. The van der Waals surface area contributed by atoms with Gasteiger partial charge in [0.25, 0.3) is 6.43 Å². The fourth-order valence-electron chi connectivity index (χ4n) is 1.36. The van der Waals surface area contributed by atoms with Crippen molar-refractivity contribution in [3.8, 4) is 6.07 Å². The van der Waals surface area contributed by atoms with Crippen LogP contribution in [0.3, 0.4) is 0 Å². The molecule has 92 valence electrons. The van der Waals surface area contributed by atoms with Crippen molar-refractivity contribution in [1.29, 1.82) is 5.26 Å². The van der Waals surface area contributed by atoms with Crippen LogP contribution in [0.5, 0.6) is 0 Å². The molecule has 0 aliphatic rings. The molecule has 0 aliphatic carbocycles. The Morgan fingerprint density at radius 3 is 2.35 bits per heavy atom. The number of aromatic nitrogens is 1. The highest BCUT2D eigenvalue weighted by atomic mass is 19.4. The number of nitrogens with zero attached hydrogens (tertiary/aromatic N) is 2. The highest BCUT2D eigenvalue weighted by Gasteiger charge is 2.40. The first kappa shape index (κ1) is 13.3. The van der Waals surface area contributed by atoms with Crippen LogP contribution in [-0.2, 0) is 12.7 Å². The summed E-state index contributed by atoms with van der Waals surface area (Å²) in [6, 6.07) is 1.44. The van der Waals surface area contributed by atoms with Crippen molar-refractivity contribution in [3.63, 3.8) is 0 Å². The Bertz CT molecular complexity index is 461. The lowest BCUT2D eigenvalue weighted by atomic mass is 10.0. The van der Waals surface area contributed by atoms with Gasteiger partial charge in [0.1, 0.15) is 11.8 Å². The second-order valence-electron chi connectivity index (χ2n) is 3.03. The minimum absolute atomic E-state index is 0.454. The van der Waals surface area contributed by atoms with Gasteiger partial charge in [-0.15, -0.1) is 0 Å². The van der Waals surface area contributed by atoms with Gasteiger partial charge in [0.05, 0.1) is 11.1 Å². The van der Waals surface area contributed by atoms with E-state index in [4.69, 9.17) is 11.0 Å². The van der Waals surface area contributed by atoms with E-state index in [9.17, 15) is 22.0 Å². The Balaban J connectivity index is 3.64. The third-order valence-corrected chi connectivity index (χ3v) is 2.03. The van der Waals surface area contributed by atoms with Gasteiger partial charge in [-0.2, -0.15) is 18.4 Å². The molecule has 0 atom stereocenters. The van der Waals surface area contributed by atoms with Crippen LogP contribution >= 0.6 is 0 Å². The normalized spacial score (nSPS) is 11.6. The summed E-state index contributed by atoms with van der Waals surface area (Å²) in [4.78, 5) is 2.98. The number of pyridine rings is 1. The maximum Gasteiger partial charge on any atom is 0.418 e. The average Bonchev–Trinajstić information content (AvgIpc) is 2.25. The minimum Gasteiger partial charge on any atom is -0.326 e. The zero-order chi connectivity index (χ0) is 13.2. The minimum atomic E-state index is -5.03. The standard InChI is InChI=1S/C9H6F5N3/c10-8(11)7-6(9(12,13)14)5(2-16)4(1-15)3-17-7/h3,8H,2,16H2. The number of hydrogen-bond acceptors (Lipinski definition) is 3. The molecule has 0 radical (unpaired) electrons. The number of nitriles is 1. The maximum absolute atomic E-state index is 12.6. The summed E-state index contributed by atoms with van der Waals surface area (Å²) in [5, 5.41) is 8.57. The van der Waals surface area contributed by atoms with Gasteiger partial charge in [0, 0.05) is 12.7 Å². The van der Waals surface area contributed by atoms with Crippen LogP contribution in [0.4, 0.5) is 22.0 Å². The van der Waals surface area contributed by atoms with Gasteiger partial charge in [0.15, 0.2) is 0 Å². The van der Waals surface area contributed by atoms with Crippen molar-refractivity contribution >= 4 is 0 Å². The van der Waals surface area contributed by atoms with Crippen LogP contribution in [0.2, 0.25) is 0 Å². The molecule has 1 aromatic heterocycles. The SMILES string of the molecule is N#Cc1cnc(C(F)F)c(C(F)(F)F)c1CN. The fourth-order valence-corrected chi connectivity index (χ4v) is 1.36. The summed E-state index contributed by atoms with van der Waals surface area (Å²) in [6.45, 7) is -0.667. The Kier molecular flexibility index (Phi) is 3.63. The third kappa shape index (κ3) is 2.50. The highest BCUT2D eigenvalue weighted by Crippen LogP contribution is 2.38. The number of nitrogens with two attached hydrogens (primary N) is 1. The largest absolute Gasteiger partial charge is 0.418 e. The topological polar surface area (TPSA) is 62.7 Å². The maximum atomic E-state index is 12.6. The summed E-state index contributed by atoms with van der Waals surface area (Å²) in [5.74, 6) is 0. The second kappa shape index (κ2) is 4.63. The molecule has 0 fully saturated rings. The van der Waals surface area contributed by atoms with Crippen LogP contribution in [0.15, 0.2) is 6.20 Å². The number of hydrogen-bond donors (Lipinski definition) is 1. The Morgan fingerprint density at radius 2 is 2.00 bits per heavy atom. The highest BCUT2D eigenvalue weighted by molar-refractivity contribution is 5.45. The van der Waals surface area contributed by atoms with E-state index in [1.54, 1.807) is 0 Å².